The van der Waals surface area contributed by atoms with Crippen LogP contribution in [0, 0.1) is 0 Å². The summed E-state index contributed by atoms with van der Waals surface area (Å²) in [6.07, 6.45) is 0.857. The van der Waals surface area contributed by atoms with E-state index in [0.717, 1.165) is 5.56 Å². The van der Waals surface area contributed by atoms with Gasteiger partial charge in [0.1, 0.15) is 11.4 Å². The SMILES string of the molecule is CC(C)(C)c1ccc(S(=O)(=O)NCCC(=O)N2CCC3(CC(=O)c4ccccc4O3)C2)cc1. The van der Waals surface area contributed by atoms with Crippen LogP contribution in [-0.4, -0.2) is 50.2 Å². The summed E-state index contributed by atoms with van der Waals surface area (Å²) in [6.45, 7) is 7.01. The summed E-state index contributed by atoms with van der Waals surface area (Å²) in [5, 5.41) is 0. The average Bonchev–Trinajstić information content (AvgIpc) is 3.16. The number of sulfonamides is 1. The maximum Gasteiger partial charge on any atom is 0.240 e. The van der Waals surface area contributed by atoms with Gasteiger partial charge in [0.05, 0.1) is 23.4 Å². The fraction of sp³-hybridized carbons (Fsp3) is 0.440. The summed E-state index contributed by atoms with van der Waals surface area (Å²) in [5.41, 5.74) is 0.864. The van der Waals surface area contributed by atoms with E-state index < -0.39 is 15.6 Å². The third-order valence-electron chi connectivity index (χ3n) is 6.33. The van der Waals surface area contributed by atoms with Crippen molar-refractivity contribution in [1.29, 1.82) is 0 Å². The molecular weight excluding hydrogens is 440 g/mol. The second kappa shape index (κ2) is 8.57. The number of hydrogen-bond acceptors (Lipinski definition) is 5. The van der Waals surface area contributed by atoms with Crippen LogP contribution in [-0.2, 0) is 20.2 Å². The molecular formula is C25H30N2O5S. The van der Waals surface area contributed by atoms with Crippen LogP contribution in [0.25, 0.3) is 0 Å². The molecule has 0 bridgehead atoms. The number of benzene rings is 2. The van der Waals surface area contributed by atoms with Gasteiger partial charge in [0.15, 0.2) is 5.78 Å². The number of ether oxygens (including phenoxy) is 1. The average molecular weight is 471 g/mol. The number of carbonyl (C=O) groups excluding carboxylic acids is 2. The van der Waals surface area contributed by atoms with E-state index in [-0.39, 0.29) is 41.4 Å². The van der Waals surface area contributed by atoms with Crippen LogP contribution in [0.5, 0.6) is 5.75 Å². The first-order valence-electron chi connectivity index (χ1n) is 11.2. The van der Waals surface area contributed by atoms with Crippen molar-refractivity contribution in [3.8, 4) is 5.75 Å². The van der Waals surface area contributed by atoms with E-state index in [9.17, 15) is 18.0 Å². The minimum absolute atomic E-state index is 0.00824. The van der Waals surface area contributed by atoms with E-state index in [2.05, 4.69) is 25.5 Å². The summed E-state index contributed by atoms with van der Waals surface area (Å²) < 4.78 is 33.9. The van der Waals surface area contributed by atoms with Crippen molar-refractivity contribution in [2.75, 3.05) is 19.6 Å². The van der Waals surface area contributed by atoms with Gasteiger partial charge in [-0.1, -0.05) is 45.0 Å². The van der Waals surface area contributed by atoms with E-state index in [1.54, 1.807) is 29.2 Å². The first kappa shape index (κ1) is 23.4. The van der Waals surface area contributed by atoms with Crippen LogP contribution in [0.1, 0.15) is 56.0 Å². The van der Waals surface area contributed by atoms with Gasteiger partial charge in [-0.25, -0.2) is 13.1 Å². The third-order valence-corrected chi connectivity index (χ3v) is 7.80. The maximum atomic E-state index is 12.7. The fourth-order valence-corrected chi connectivity index (χ4v) is 5.43. The van der Waals surface area contributed by atoms with Crippen LogP contribution in [0.3, 0.4) is 0 Å². The molecule has 0 radical (unpaired) electrons. The Labute approximate surface area is 195 Å². The monoisotopic (exact) mass is 470 g/mol. The molecule has 1 unspecified atom stereocenters. The Bertz CT molecular complexity index is 1170. The Morgan fingerprint density at radius 3 is 2.52 bits per heavy atom. The molecule has 4 rings (SSSR count). The molecule has 0 aromatic heterocycles. The smallest absolute Gasteiger partial charge is 0.240 e. The number of amides is 1. The highest BCUT2D eigenvalue weighted by Gasteiger charge is 2.46. The van der Waals surface area contributed by atoms with Crippen LogP contribution in [0.2, 0.25) is 0 Å². The lowest BCUT2D eigenvalue weighted by molar-refractivity contribution is -0.130. The Kier molecular flexibility index (Phi) is 6.09. The maximum absolute atomic E-state index is 12.7. The molecule has 2 heterocycles. The summed E-state index contributed by atoms with van der Waals surface area (Å²) in [5.74, 6) is 0.428. The number of fused-ring (bicyclic) bond motifs is 1. The fourth-order valence-electron chi connectivity index (χ4n) is 4.40. The van der Waals surface area contributed by atoms with E-state index in [1.807, 2.05) is 24.3 Å². The number of rotatable bonds is 5. The number of nitrogens with one attached hydrogen (secondary N) is 1. The molecule has 1 spiro atoms. The third kappa shape index (κ3) is 4.96. The van der Waals surface area contributed by atoms with E-state index in [4.69, 9.17) is 4.74 Å². The molecule has 7 nitrogen and oxygen atoms in total. The van der Waals surface area contributed by atoms with Gasteiger partial charge in [0.25, 0.3) is 0 Å². The minimum atomic E-state index is -3.70. The lowest BCUT2D eigenvalue weighted by Gasteiger charge is -2.34. The number of para-hydroxylation sites is 1. The normalized spacial score (nSPS) is 20.6. The number of carbonyl (C=O) groups is 2. The first-order chi connectivity index (χ1) is 15.5. The van der Waals surface area contributed by atoms with E-state index >= 15 is 0 Å². The first-order valence-corrected chi connectivity index (χ1v) is 12.7. The van der Waals surface area contributed by atoms with Crippen molar-refractivity contribution in [2.45, 2.75) is 55.9 Å². The van der Waals surface area contributed by atoms with Crippen molar-refractivity contribution in [3.05, 3.63) is 59.7 Å². The quantitative estimate of drug-likeness (QED) is 0.724. The number of nitrogens with zero attached hydrogens (tertiary/aromatic N) is 1. The summed E-state index contributed by atoms with van der Waals surface area (Å²) in [4.78, 5) is 27.1. The molecule has 1 saturated heterocycles. The van der Waals surface area contributed by atoms with Gasteiger partial charge in [-0.05, 0) is 35.2 Å². The van der Waals surface area contributed by atoms with Crippen LogP contribution >= 0.6 is 0 Å². The molecule has 2 aromatic carbocycles. The number of Topliss-reactive ketones (excluding diaryl/α,β-unsaturated/α-hetero) is 1. The molecule has 8 heteroatoms. The highest BCUT2D eigenvalue weighted by atomic mass is 32.2. The molecule has 1 amide bonds. The molecule has 176 valence electrons. The molecule has 33 heavy (non-hydrogen) atoms. The minimum Gasteiger partial charge on any atom is -0.484 e. The number of likely N-dealkylation sites (tertiary alicyclic amines) is 1. The Balaban J connectivity index is 1.32. The zero-order valence-electron chi connectivity index (χ0n) is 19.3. The van der Waals surface area contributed by atoms with Gasteiger partial charge < -0.3 is 9.64 Å². The van der Waals surface area contributed by atoms with Gasteiger partial charge in [-0.3, -0.25) is 9.59 Å². The predicted molar refractivity (Wildman–Crippen MR) is 125 cm³/mol. The van der Waals surface area contributed by atoms with Gasteiger partial charge in [0.2, 0.25) is 15.9 Å². The standard InChI is InChI=1S/C25H30N2O5S/c1-24(2,3)18-8-10-19(11-9-18)33(30,31)26-14-12-23(29)27-15-13-25(17-27)16-21(28)20-6-4-5-7-22(20)32-25/h4-11,26H,12-17H2,1-3H3. The largest absolute Gasteiger partial charge is 0.484 e. The van der Waals surface area contributed by atoms with Crippen molar-refractivity contribution < 1.29 is 22.7 Å². The van der Waals surface area contributed by atoms with E-state index in [1.165, 1.54) is 0 Å². The second-order valence-corrected chi connectivity index (χ2v) is 11.6. The number of ketones is 1. The highest BCUT2D eigenvalue weighted by molar-refractivity contribution is 7.89. The number of hydrogen-bond donors (Lipinski definition) is 1. The van der Waals surface area contributed by atoms with Gasteiger partial charge in [-0.15, -0.1) is 0 Å². The summed E-state index contributed by atoms with van der Waals surface area (Å²) in [7, 11) is -3.70. The Hall–Kier alpha value is -2.71. The van der Waals surface area contributed by atoms with Crippen molar-refractivity contribution in [2.24, 2.45) is 0 Å². The highest BCUT2D eigenvalue weighted by Crippen LogP contribution is 2.38. The molecule has 2 aromatic rings. The van der Waals surface area contributed by atoms with Crippen molar-refractivity contribution >= 4 is 21.7 Å². The predicted octanol–water partition coefficient (Wildman–Crippen LogP) is 3.29. The molecule has 1 fully saturated rings. The van der Waals surface area contributed by atoms with Gasteiger partial charge >= 0.3 is 0 Å². The second-order valence-electron chi connectivity index (χ2n) is 9.87. The summed E-state index contributed by atoms with van der Waals surface area (Å²) >= 11 is 0. The van der Waals surface area contributed by atoms with E-state index in [0.29, 0.717) is 30.8 Å². The Morgan fingerprint density at radius 1 is 1.12 bits per heavy atom. The van der Waals surface area contributed by atoms with Crippen molar-refractivity contribution in [3.63, 3.8) is 0 Å². The topological polar surface area (TPSA) is 92.8 Å². The molecule has 2 aliphatic heterocycles. The Morgan fingerprint density at radius 2 is 1.82 bits per heavy atom. The van der Waals surface area contributed by atoms with Crippen LogP contribution < -0.4 is 9.46 Å². The lowest BCUT2D eigenvalue weighted by Crippen LogP contribution is -2.45. The summed E-state index contributed by atoms with van der Waals surface area (Å²) in [6, 6.07) is 14.0. The molecule has 1 atom stereocenters. The van der Waals surface area contributed by atoms with Crippen molar-refractivity contribution in [1.82, 2.24) is 9.62 Å². The van der Waals surface area contributed by atoms with Gasteiger partial charge in [-0.2, -0.15) is 0 Å². The zero-order chi connectivity index (χ0) is 23.9. The van der Waals surface area contributed by atoms with Gasteiger partial charge in [0, 0.05) is 25.9 Å². The molecule has 0 aliphatic carbocycles. The van der Waals surface area contributed by atoms with Crippen LogP contribution in [0.15, 0.2) is 53.4 Å². The molecule has 1 N–H and O–H groups in total. The molecule has 0 saturated carbocycles. The lowest BCUT2D eigenvalue weighted by atomic mass is 9.87. The molecule has 2 aliphatic rings. The van der Waals surface area contributed by atoms with Crippen LogP contribution in [0.4, 0.5) is 0 Å². The zero-order valence-corrected chi connectivity index (χ0v) is 20.1.